The van der Waals surface area contributed by atoms with E-state index in [1.165, 1.54) is 0 Å². The van der Waals surface area contributed by atoms with Crippen LogP contribution in [0.3, 0.4) is 0 Å². The van der Waals surface area contributed by atoms with Gasteiger partial charge in [-0.25, -0.2) is 4.98 Å². The van der Waals surface area contributed by atoms with Crippen molar-refractivity contribution >= 4 is 16.9 Å². The van der Waals surface area contributed by atoms with Crippen molar-refractivity contribution in [2.75, 3.05) is 13.2 Å². The monoisotopic (exact) mass is 309 g/mol. The highest BCUT2D eigenvalue weighted by Gasteiger charge is 2.21. The maximum Gasteiger partial charge on any atom is 0.251 e. The summed E-state index contributed by atoms with van der Waals surface area (Å²) in [5.41, 5.74) is 2.25. The van der Waals surface area contributed by atoms with Crippen LogP contribution >= 0.6 is 0 Å². The molecule has 1 aromatic heterocycles. The van der Waals surface area contributed by atoms with Gasteiger partial charge in [-0.05, 0) is 30.3 Å². The lowest BCUT2D eigenvalue weighted by Crippen LogP contribution is -2.40. The molecule has 6 nitrogen and oxygen atoms in total. The van der Waals surface area contributed by atoms with Gasteiger partial charge in [0.25, 0.3) is 5.91 Å². The first-order valence-electron chi connectivity index (χ1n) is 7.39. The van der Waals surface area contributed by atoms with Crippen molar-refractivity contribution in [3.05, 3.63) is 54.4 Å². The molecule has 2 heterocycles. The molecule has 6 heteroatoms. The Morgan fingerprint density at radius 2 is 2.13 bits per heavy atom. The zero-order valence-corrected chi connectivity index (χ0v) is 12.3. The predicted molar refractivity (Wildman–Crippen MR) is 84.8 cm³/mol. The number of imidazole rings is 1. The van der Waals surface area contributed by atoms with Gasteiger partial charge in [-0.1, -0.05) is 12.1 Å². The summed E-state index contributed by atoms with van der Waals surface area (Å²) in [4.78, 5) is 19.4. The average Bonchev–Trinajstić information content (AvgIpc) is 3.07. The quantitative estimate of drug-likeness (QED) is 0.777. The van der Waals surface area contributed by atoms with Crippen LogP contribution in [0, 0.1) is 0 Å². The molecule has 3 aromatic rings. The van der Waals surface area contributed by atoms with E-state index in [0.29, 0.717) is 24.5 Å². The van der Waals surface area contributed by atoms with E-state index in [4.69, 9.17) is 9.47 Å². The molecule has 0 saturated carbocycles. The summed E-state index contributed by atoms with van der Waals surface area (Å²) >= 11 is 0. The van der Waals surface area contributed by atoms with Crippen LogP contribution in [0.15, 0.2) is 48.8 Å². The molecule has 0 radical (unpaired) electrons. The molecular weight excluding hydrogens is 294 g/mol. The zero-order chi connectivity index (χ0) is 15.6. The van der Waals surface area contributed by atoms with Gasteiger partial charge in [0.1, 0.15) is 12.7 Å². The van der Waals surface area contributed by atoms with Crippen LogP contribution < -0.4 is 14.8 Å². The summed E-state index contributed by atoms with van der Waals surface area (Å²) in [5.74, 6) is 1.29. The topological polar surface area (TPSA) is 76.2 Å². The van der Waals surface area contributed by atoms with Crippen molar-refractivity contribution < 1.29 is 14.3 Å². The summed E-state index contributed by atoms with van der Waals surface area (Å²) in [6.45, 7) is 0.797. The van der Waals surface area contributed by atoms with Crippen LogP contribution in [0.1, 0.15) is 10.4 Å². The molecule has 0 bridgehead atoms. The number of carbonyl (C=O) groups is 1. The summed E-state index contributed by atoms with van der Waals surface area (Å²) in [5, 5.41) is 2.88. The minimum Gasteiger partial charge on any atom is -0.486 e. The van der Waals surface area contributed by atoms with Gasteiger partial charge < -0.3 is 19.8 Å². The summed E-state index contributed by atoms with van der Waals surface area (Å²) in [6, 6.07) is 12.9. The van der Waals surface area contributed by atoms with Gasteiger partial charge in [-0.2, -0.15) is 0 Å². The lowest BCUT2D eigenvalue weighted by molar-refractivity contribution is 0.0789. The standard InChI is InChI=1S/C17H15N3O3/c21-17(11-5-6-13-14(7-11)20-10-19-13)18-8-12-9-22-15-3-1-2-4-16(15)23-12/h1-7,10,12H,8-9H2,(H,18,21)(H,19,20). The number of hydrogen-bond acceptors (Lipinski definition) is 4. The maximum atomic E-state index is 12.3. The number of carbonyl (C=O) groups excluding carboxylic acids is 1. The number of benzene rings is 2. The number of nitrogens with zero attached hydrogens (tertiary/aromatic N) is 1. The SMILES string of the molecule is O=C(NCC1COc2ccccc2O1)c1ccc2nc[nH]c2c1. The lowest BCUT2D eigenvalue weighted by atomic mass is 10.2. The minimum absolute atomic E-state index is 0.149. The van der Waals surface area contributed by atoms with Crippen molar-refractivity contribution in [2.45, 2.75) is 6.10 Å². The molecule has 1 amide bonds. The van der Waals surface area contributed by atoms with Crippen LogP contribution in [-0.2, 0) is 0 Å². The summed E-state index contributed by atoms with van der Waals surface area (Å²) < 4.78 is 11.5. The number of rotatable bonds is 3. The Kier molecular flexibility index (Phi) is 3.34. The van der Waals surface area contributed by atoms with Crippen molar-refractivity contribution in [3.63, 3.8) is 0 Å². The van der Waals surface area contributed by atoms with E-state index in [0.717, 1.165) is 16.8 Å². The van der Waals surface area contributed by atoms with Crippen molar-refractivity contribution in [1.82, 2.24) is 15.3 Å². The second-order valence-corrected chi connectivity index (χ2v) is 5.34. The zero-order valence-electron chi connectivity index (χ0n) is 12.3. The molecule has 116 valence electrons. The molecular formula is C17H15N3O3. The number of fused-ring (bicyclic) bond motifs is 2. The van der Waals surface area contributed by atoms with Crippen LogP contribution in [0.25, 0.3) is 11.0 Å². The number of aromatic nitrogens is 2. The van der Waals surface area contributed by atoms with E-state index in [1.54, 1.807) is 18.5 Å². The highest BCUT2D eigenvalue weighted by atomic mass is 16.6. The van der Waals surface area contributed by atoms with Crippen LogP contribution in [0.2, 0.25) is 0 Å². The van der Waals surface area contributed by atoms with Crippen molar-refractivity contribution in [1.29, 1.82) is 0 Å². The van der Waals surface area contributed by atoms with E-state index in [-0.39, 0.29) is 12.0 Å². The van der Waals surface area contributed by atoms with Gasteiger partial charge in [0.05, 0.1) is 23.9 Å². The first-order valence-corrected chi connectivity index (χ1v) is 7.39. The third-order valence-corrected chi connectivity index (χ3v) is 3.74. The highest BCUT2D eigenvalue weighted by molar-refractivity contribution is 5.97. The predicted octanol–water partition coefficient (Wildman–Crippen LogP) is 2.13. The molecule has 1 unspecified atom stereocenters. The molecule has 2 aromatic carbocycles. The van der Waals surface area contributed by atoms with Gasteiger partial charge in [-0.3, -0.25) is 4.79 Å². The second kappa shape index (κ2) is 5.64. The van der Waals surface area contributed by atoms with Crippen molar-refractivity contribution in [2.24, 2.45) is 0 Å². The lowest BCUT2D eigenvalue weighted by Gasteiger charge is -2.26. The van der Waals surface area contributed by atoms with Gasteiger partial charge in [0.2, 0.25) is 0 Å². The molecule has 4 rings (SSSR count). The Bertz CT molecular complexity index is 859. The fraction of sp³-hybridized carbons (Fsp3) is 0.176. The number of nitrogens with one attached hydrogen (secondary N) is 2. The highest BCUT2D eigenvalue weighted by Crippen LogP contribution is 2.30. The molecule has 0 saturated heterocycles. The summed E-state index contributed by atoms with van der Waals surface area (Å²) in [7, 11) is 0. The fourth-order valence-corrected chi connectivity index (χ4v) is 2.55. The van der Waals surface area contributed by atoms with E-state index >= 15 is 0 Å². The average molecular weight is 309 g/mol. The first kappa shape index (κ1) is 13.6. The Balaban J connectivity index is 1.40. The third kappa shape index (κ3) is 2.70. The molecule has 0 spiro atoms. The van der Waals surface area contributed by atoms with E-state index < -0.39 is 0 Å². The largest absolute Gasteiger partial charge is 0.486 e. The van der Waals surface area contributed by atoms with Crippen LogP contribution in [0.5, 0.6) is 11.5 Å². The first-order chi connectivity index (χ1) is 11.3. The Morgan fingerprint density at radius 1 is 1.26 bits per heavy atom. The van der Waals surface area contributed by atoms with Gasteiger partial charge >= 0.3 is 0 Å². The third-order valence-electron chi connectivity index (χ3n) is 3.74. The normalized spacial score (nSPS) is 16.3. The number of H-pyrrole nitrogens is 1. The van der Waals surface area contributed by atoms with Crippen LogP contribution in [-0.4, -0.2) is 35.1 Å². The smallest absolute Gasteiger partial charge is 0.251 e. The number of aromatic amines is 1. The number of amides is 1. The molecule has 1 atom stereocenters. The fourth-order valence-electron chi connectivity index (χ4n) is 2.55. The Hall–Kier alpha value is -3.02. The van der Waals surface area contributed by atoms with E-state index in [9.17, 15) is 4.79 Å². The number of para-hydroxylation sites is 2. The minimum atomic E-state index is -0.204. The van der Waals surface area contributed by atoms with Gasteiger partial charge in [-0.15, -0.1) is 0 Å². The molecule has 1 aliphatic heterocycles. The summed E-state index contributed by atoms with van der Waals surface area (Å²) in [6.07, 6.45) is 1.40. The molecule has 0 fully saturated rings. The van der Waals surface area contributed by atoms with Gasteiger partial charge in [0.15, 0.2) is 11.5 Å². The second-order valence-electron chi connectivity index (χ2n) is 5.34. The van der Waals surface area contributed by atoms with E-state index in [2.05, 4.69) is 15.3 Å². The molecule has 23 heavy (non-hydrogen) atoms. The number of ether oxygens (including phenoxy) is 2. The van der Waals surface area contributed by atoms with Crippen molar-refractivity contribution in [3.8, 4) is 11.5 Å². The van der Waals surface area contributed by atoms with E-state index in [1.807, 2.05) is 30.3 Å². The molecule has 0 aliphatic carbocycles. The number of hydrogen-bond donors (Lipinski definition) is 2. The Labute approximate surface area is 132 Å². The maximum absolute atomic E-state index is 12.3. The van der Waals surface area contributed by atoms with Gasteiger partial charge in [0, 0.05) is 5.56 Å². The molecule has 2 N–H and O–H groups in total. The van der Waals surface area contributed by atoms with Crippen LogP contribution in [0.4, 0.5) is 0 Å². The Morgan fingerprint density at radius 3 is 3.04 bits per heavy atom. The molecule has 1 aliphatic rings.